The molecule has 1 saturated heterocycles. The lowest BCUT2D eigenvalue weighted by Crippen LogP contribution is -2.31. The van der Waals surface area contributed by atoms with Gasteiger partial charge in [-0.2, -0.15) is 5.26 Å². The van der Waals surface area contributed by atoms with Crippen LogP contribution < -0.4 is 10.6 Å². The number of thioether (sulfide) groups is 1. The molecule has 5 nitrogen and oxygen atoms in total. The molecular formula is C20H17N3O2S. The Balaban J connectivity index is 2.07. The molecule has 1 aliphatic heterocycles. The monoisotopic (exact) mass is 363 g/mol. The zero-order valence-electron chi connectivity index (χ0n) is 14.2. The van der Waals surface area contributed by atoms with Crippen molar-refractivity contribution in [3.05, 3.63) is 76.3 Å². The van der Waals surface area contributed by atoms with E-state index >= 15 is 0 Å². The molecular weight excluding hydrogens is 346 g/mol. The van der Waals surface area contributed by atoms with Crippen LogP contribution in [0.5, 0.6) is 0 Å². The van der Waals surface area contributed by atoms with Crippen LogP contribution in [0.4, 0.5) is 5.69 Å². The molecule has 0 aliphatic carbocycles. The van der Waals surface area contributed by atoms with Crippen molar-refractivity contribution in [1.82, 2.24) is 0 Å². The van der Waals surface area contributed by atoms with E-state index in [9.17, 15) is 14.9 Å². The van der Waals surface area contributed by atoms with Crippen LogP contribution >= 0.6 is 11.8 Å². The highest BCUT2D eigenvalue weighted by Gasteiger charge is 2.40. The molecule has 0 saturated carbocycles. The fourth-order valence-corrected chi connectivity index (χ4v) is 4.17. The minimum Gasteiger partial charge on any atom is -0.365 e. The summed E-state index contributed by atoms with van der Waals surface area (Å²) in [6, 6.07) is 18.9. The lowest BCUT2D eigenvalue weighted by molar-refractivity contribution is -0.117. The Labute approximate surface area is 156 Å². The quantitative estimate of drug-likeness (QED) is 0.668. The molecule has 1 heterocycles. The second-order valence-electron chi connectivity index (χ2n) is 5.91. The van der Waals surface area contributed by atoms with E-state index in [0.717, 1.165) is 11.1 Å². The number of nitriles is 1. The van der Waals surface area contributed by atoms with E-state index in [1.807, 2.05) is 61.5 Å². The van der Waals surface area contributed by atoms with Gasteiger partial charge in [0.2, 0.25) is 5.91 Å². The summed E-state index contributed by atoms with van der Waals surface area (Å²) in [6.45, 7) is 1.88. The highest BCUT2D eigenvalue weighted by Crippen LogP contribution is 2.42. The number of hydrogen-bond donors (Lipinski definition) is 1. The first-order valence-corrected chi connectivity index (χ1v) is 8.95. The van der Waals surface area contributed by atoms with Crippen molar-refractivity contribution < 1.29 is 9.59 Å². The molecule has 0 aromatic heterocycles. The predicted octanol–water partition coefficient (Wildman–Crippen LogP) is 2.91. The first-order chi connectivity index (χ1) is 12.5. The van der Waals surface area contributed by atoms with Crippen LogP contribution in [0.3, 0.4) is 0 Å². The molecule has 2 N–H and O–H groups in total. The summed E-state index contributed by atoms with van der Waals surface area (Å²) in [4.78, 5) is 26.3. The first-order valence-electron chi connectivity index (χ1n) is 8.07. The van der Waals surface area contributed by atoms with Crippen LogP contribution in [0.1, 0.15) is 11.1 Å². The van der Waals surface area contributed by atoms with Crippen LogP contribution in [0.15, 0.2) is 65.2 Å². The third-order valence-corrected chi connectivity index (χ3v) is 5.41. The minimum absolute atomic E-state index is 0.155. The normalized spacial score (nSPS) is 18.5. The average Bonchev–Trinajstić information content (AvgIpc) is 2.93. The zero-order chi connectivity index (χ0) is 18.7. The van der Waals surface area contributed by atoms with Gasteiger partial charge in [0.05, 0.1) is 10.9 Å². The van der Waals surface area contributed by atoms with Gasteiger partial charge in [0.25, 0.3) is 5.91 Å². The molecule has 2 amide bonds. The standard InChI is InChI=1S/C20H17N3O2S/c1-13-7-5-6-10-16(13)23-19(25)17(11-14-8-3-2-4-9-14)26-20(23)15(12-21)18(22)24/h2-10,17H,11H2,1H3,(H2,22,24)/b20-15+/t17-/m0/s1. The summed E-state index contributed by atoms with van der Waals surface area (Å²) < 4.78 is 0. The van der Waals surface area contributed by atoms with Gasteiger partial charge >= 0.3 is 0 Å². The maximum Gasteiger partial charge on any atom is 0.262 e. The van der Waals surface area contributed by atoms with Crippen LogP contribution in [0.2, 0.25) is 0 Å². The van der Waals surface area contributed by atoms with Gasteiger partial charge in [-0.3, -0.25) is 14.5 Å². The lowest BCUT2D eigenvalue weighted by Gasteiger charge is -2.20. The number of para-hydroxylation sites is 1. The topological polar surface area (TPSA) is 87.2 Å². The molecule has 1 atom stereocenters. The number of rotatable bonds is 4. The third-order valence-electron chi connectivity index (χ3n) is 4.15. The summed E-state index contributed by atoms with van der Waals surface area (Å²) in [5, 5.41) is 9.28. The Morgan fingerprint density at radius 3 is 2.46 bits per heavy atom. The van der Waals surface area contributed by atoms with E-state index in [-0.39, 0.29) is 11.5 Å². The van der Waals surface area contributed by atoms with Gasteiger partial charge in [-0.1, -0.05) is 60.3 Å². The fourth-order valence-electron chi connectivity index (χ4n) is 2.86. The maximum absolute atomic E-state index is 13.1. The van der Waals surface area contributed by atoms with Crippen molar-refractivity contribution in [1.29, 1.82) is 5.26 Å². The molecule has 0 spiro atoms. The number of hydrogen-bond acceptors (Lipinski definition) is 4. The van der Waals surface area contributed by atoms with E-state index in [4.69, 9.17) is 5.73 Å². The van der Waals surface area contributed by atoms with E-state index in [2.05, 4.69) is 0 Å². The number of amides is 2. The summed E-state index contributed by atoms with van der Waals surface area (Å²) >= 11 is 1.22. The van der Waals surface area contributed by atoms with Gasteiger partial charge in [0.1, 0.15) is 16.7 Å². The van der Waals surface area contributed by atoms with Gasteiger partial charge in [0, 0.05) is 0 Å². The van der Waals surface area contributed by atoms with E-state index in [1.54, 1.807) is 6.07 Å². The Bertz CT molecular complexity index is 932. The van der Waals surface area contributed by atoms with Crippen molar-refractivity contribution in [3.63, 3.8) is 0 Å². The highest BCUT2D eigenvalue weighted by atomic mass is 32.2. The number of nitrogens with zero attached hydrogens (tertiary/aromatic N) is 2. The molecule has 2 aromatic rings. The number of benzene rings is 2. The van der Waals surface area contributed by atoms with Crippen LogP contribution in [-0.4, -0.2) is 17.1 Å². The van der Waals surface area contributed by atoms with Crippen molar-refractivity contribution >= 4 is 29.3 Å². The predicted molar refractivity (Wildman–Crippen MR) is 102 cm³/mol. The molecule has 3 rings (SSSR count). The summed E-state index contributed by atoms with van der Waals surface area (Å²) in [5.41, 5.74) is 7.73. The van der Waals surface area contributed by atoms with E-state index in [1.165, 1.54) is 16.7 Å². The third kappa shape index (κ3) is 3.35. The number of aryl methyl sites for hydroxylation is 1. The van der Waals surface area contributed by atoms with Gasteiger partial charge in [-0.25, -0.2) is 0 Å². The fraction of sp³-hybridized carbons (Fsp3) is 0.150. The summed E-state index contributed by atoms with van der Waals surface area (Å²) in [7, 11) is 0. The molecule has 6 heteroatoms. The molecule has 0 bridgehead atoms. The summed E-state index contributed by atoms with van der Waals surface area (Å²) in [6.07, 6.45) is 0.508. The zero-order valence-corrected chi connectivity index (χ0v) is 15.0. The second-order valence-corrected chi connectivity index (χ2v) is 7.10. The van der Waals surface area contributed by atoms with Crippen LogP contribution in [-0.2, 0) is 16.0 Å². The van der Waals surface area contributed by atoms with Gasteiger partial charge in [-0.15, -0.1) is 0 Å². The van der Waals surface area contributed by atoms with Gasteiger partial charge < -0.3 is 5.73 Å². The molecule has 130 valence electrons. The molecule has 2 aromatic carbocycles. The average molecular weight is 363 g/mol. The Hall–Kier alpha value is -3.04. The van der Waals surface area contributed by atoms with Gasteiger partial charge in [-0.05, 0) is 30.5 Å². The minimum atomic E-state index is -0.832. The SMILES string of the molecule is Cc1ccccc1N1C(=O)[C@H](Cc2ccccc2)S/C1=C(\C#N)C(N)=O. The molecule has 1 fully saturated rings. The first kappa shape index (κ1) is 17.8. The van der Waals surface area contributed by atoms with Crippen LogP contribution in [0.25, 0.3) is 0 Å². The van der Waals surface area contributed by atoms with Crippen molar-refractivity contribution in [2.75, 3.05) is 4.90 Å². The van der Waals surface area contributed by atoms with E-state index < -0.39 is 11.2 Å². The lowest BCUT2D eigenvalue weighted by atomic mass is 10.1. The van der Waals surface area contributed by atoms with Crippen molar-refractivity contribution in [2.24, 2.45) is 5.73 Å². The Kier molecular flexibility index (Phi) is 5.10. The number of carbonyl (C=O) groups is 2. The maximum atomic E-state index is 13.1. The van der Waals surface area contributed by atoms with Crippen LogP contribution in [0, 0.1) is 18.3 Å². The number of primary amides is 1. The Morgan fingerprint density at radius 2 is 1.85 bits per heavy atom. The van der Waals surface area contributed by atoms with E-state index in [0.29, 0.717) is 17.1 Å². The largest absolute Gasteiger partial charge is 0.365 e. The molecule has 26 heavy (non-hydrogen) atoms. The Morgan fingerprint density at radius 1 is 1.19 bits per heavy atom. The summed E-state index contributed by atoms with van der Waals surface area (Å²) in [5.74, 6) is -0.987. The second kappa shape index (κ2) is 7.46. The number of anilines is 1. The smallest absolute Gasteiger partial charge is 0.262 e. The number of nitrogens with two attached hydrogens (primary N) is 1. The molecule has 0 unspecified atom stereocenters. The van der Waals surface area contributed by atoms with Crippen molar-refractivity contribution in [2.45, 2.75) is 18.6 Å². The molecule has 1 aliphatic rings. The molecule has 0 radical (unpaired) electrons. The number of carbonyl (C=O) groups excluding carboxylic acids is 2. The highest BCUT2D eigenvalue weighted by molar-refractivity contribution is 8.05. The van der Waals surface area contributed by atoms with Crippen molar-refractivity contribution in [3.8, 4) is 6.07 Å². The van der Waals surface area contributed by atoms with Gasteiger partial charge in [0.15, 0.2) is 0 Å².